The summed E-state index contributed by atoms with van der Waals surface area (Å²) in [6, 6.07) is 22.1. The van der Waals surface area contributed by atoms with Crippen LogP contribution >= 0.6 is 0 Å². The molecule has 0 saturated carbocycles. The van der Waals surface area contributed by atoms with E-state index in [-0.39, 0.29) is 17.1 Å². The number of nitrogens with zero attached hydrogens (tertiary/aromatic N) is 1. The minimum Gasteiger partial charge on any atom is -0.490 e. The number of amides is 1. The summed E-state index contributed by atoms with van der Waals surface area (Å²) < 4.78 is 11.6. The van der Waals surface area contributed by atoms with Gasteiger partial charge in [-0.15, -0.1) is 0 Å². The van der Waals surface area contributed by atoms with E-state index in [4.69, 9.17) is 9.15 Å². The molecule has 0 spiro atoms. The Labute approximate surface area is 191 Å². The predicted molar refractivity (Wildman–Crippen MR) is 128 cm³/mol. The van der Waals surface area contributed by atoms with Crippen LogP contribution in [0.25, 0.3) is 11.0 Å². The monoisotopic (exact) mass is 437 g/mol. The third-order valence-electron chi connectivity index (χ3n) is 5.88. The van der Waals surface area contributed by atoms with Crippen LogP contribution in [0.5, 0.6) is 5.75 Å². The highest BCUT2D eigenvalue weighted by Gasteiger charge is 2.42. The molecule has 5 nitrogen and oxygen atoms in total. The minimum absolute atomic E-state index is 0.115. The fourth-order valence-corrected chi connectivity index (χ4v) is 4.33. The number of carbonyl (C=O) groups excluding carboxylic acids is 1. The highest BCUT2D eigenvalue weighted by molar-refractivity contribution is 5.99. The van der Waals surface area contributed by atoms with Crippen LogP contribution in [0, 0.1) is 6.92 Å². The lowest BCUT2D eigenvalue weighted by molar-refractivity contribution is 0.0714. The average Bonchev–Trinajstić information content (AvgIpc) is 3.11. The van der Waals surface area contributed by atoms with Crippen molar-refractivity contribution in [3.63, 3.8) is 0 Å². The normalized spacial score (nSPS) is 15.0. The van der Waals surface area contributed by atoms with Crippen LogP contribution in [0.1, 0.15) is 38.9 Å². The molecule has 0 saturated heterocycles. The summed E-state index contributed by atoms with van der Waals surface area (Å²) in [5.41, 5.74) is 3.39. The summed E-state index contributed by atoms with van der Waals surface area (Å²) in [5.74, 6) is 0.522. The molecule has 4 aromatic rings. The van der Waals surface area contributed by atoms with Crippen LogP contribution in [-0.2, 0) is 6.54 Å². The van der Waals surface area contributed by atoms with Crippen molar-refractivity contribution in [2.75, 3.05) is 6.61 Å². The standard InChI is InChI=1S/C28H23NO4/c1-3-15-32-21-12-10-20(11-13-21)25-24-26(30)22-16-18(2)9-14-23(22)33-27(24)28(31)29(25)17-19-7-5-4-6-8-19/h3-14,16,25H,1,15,17H2,2H3. The van der Waals surface area contributed by atoms with E-state index in [1.54, 1.807) is 17.0 Å². The van der Waals surface area contributed by atoms with Gasteiger partial charge in [0.2, 0.25) is 5.76 Å². The Balaban J connectivity index is 1.66. The molecule has 1 aliphatic heterocycles. The summed E-state index contributed by atoms with van der Waals surface area (Å²) in [6.45, 7) is 6.36. The number of hydrogen-bond donors (Lipinski definition) is 0. The summed E-state index contributed by atoms with van der Waals surface area (Å²) in [5, 5.41) is 0.485. The second-order valence-electron chi connectivity index (χ2n) is 8.16. The molecule has 1 aromatic heterocycles. The van der Waals surface area contributed by atoms with E-state index in [0.29, 0.717) is 35.4 Å². The van der Waals surface area contributed by atoms with Crippen molar-refractivity contribution < 1.29 is 13.9 Å². The van der Waals surface area contributed by atoms with Gasteiger partial charge in [0.05, 0.1) is 17.0 Å². The van der Waals surface area contributed by atoms with Gasteiger partial charge in [-0.3, -0.25) is 9.59 Å². The molecule has 3 aromatic carbocycles. The summed E-state index contributed by atoms with van der Waals surface area (Å²) in [6.07, 6.45) is 1.68. The fourth-order valence-electron chi connectivity index (χ4n) is 4.33. The SMILES string of the molecule is C=CCOc1ccc(C2c3c(oc4ccc(C)cc4c3=O)C(=O)N2Cc2ccccc2)cc1. The van der Waals surface area contributed by atoms with E-state index >= 15 is 0 Å². The molecule has 0 N–H and O–H groups in total. The number of ether oxygens (including phenoxy) is 1. The lowest BCUT2D eigenvalue weighted by Gasteiger charge is -2.25. The van der Waals surface area contributed by atoms with Crippen molar-refractivity contribution in [3.8, 4) is 5.75 Å². The molecule has 164 valence electrons. The molecule has 0 radical (unpaired) electrons. The van der Waals surface area contributed by atoms with Crippen LogP contribution in [0.2, 0.25) is 0 Å². The highest BCUT2D eigenvalue weighted by atomic mass is 16.5. The Morgan fingerprint density at radius 2 is 1.79 bits per heavy atom. The topological polar surface area (TPSA) is 59.8 Å². The van der Waals surface area contributed by atoms with E-state index in [2.05, 4.69) is 6.58 Å². The van der Waals surface area contributed by atoms with E-state index in [1.165, 1.54) is 0 Å². The number of hydrogen-bond acceptors (Lipinski definition) is 4. The minimum atomic E-state index is -0.553. The maximum absolute atomic E-state index is 13.6. The number of rotatable bonds is 6. The Morgan fingerprint density at radius 1 is 1.03 bits per heavy atom. The molecule has 0 fully saturated rings. The zero-order valence-corrected chi connectivity index (χ0v) is 18.3. The molecule has 5 heteroatoms. The van der Waals surface area contributed by atoms with Crippen molar-refractivity contribution in [1.29, 1.82) is 0 Å². The summed E-state index contributed by atoms with van der Waals surface area (Å²) in [4.78, 5) is 28.9. The lowest BCUT2D eigenvalue weighted by atomic mass is 9.98. The van der Waals surface area contributed by atoms with Crippen molar-refractivity contribution in [2.45, 2.75) is 19.5 Å². The van der Waals surface area contributed by atoms with Gasteiger partial charge in [-0.2, -0.15) is 0 Å². The van der Waals surface area contributed by atoms with Gasteiger partial charge >= 0.3 is 0 Å². The van der Waals surface area contributed by atoms with Crippen molar-refractivity contribution in [3.05, 3.63) is 124 Å². The van der Waals surface area contributed by atoms with Crippen LogP contribution in [0.4, 0.5) is 0 Å². The molecule has 0 aliphatic carbocycles. The Bertz CT molecular complexity index is 1400. The van der Waals surface area contributed by atoms with Gasteiger partial charge < -0.3 is 14.1 Å². The van der Waals surface area contributed by atoms with E-state index in [0.717, 1.165) is 16.7 Å². The molecular weight excluding hydrogens is 414 g/mol. The largest absolute Gasteiger partial charge is 0.490 e. The van der Waals surface area contributed by atoms with Crippen LogP contribution < -0.4 is 10.2 Å². The number of carbonyl (C=O) groups is 1. The quantitative estimate of drug-likeness (QED) is 0.378. The third kappa shape index (κ3) is 3.72. The second-order valence-corrected chi connectivity index (χ2v) is 8.16. The summed E-state index contributed by atoms with van der Waals surface area (Å²) >= 11 is 0. The van der Waals surface area contributed by atoms with Crippen molar-refractivity contribution in [1.82, 2.24) is 4.90 Å². The lowest BCUT2D eigenvalue weighted by Crippen LogP contribution is -2.29. The molecule has 33 heavy (non-hydrogen) atoms. The molecule has 2 heterocycles. The second kappa shape index (κ2) is 8.43. The predicted octanol–water partition coefficient (Wildman–Crippen LogP) is 5.41. The van der Waals surface area contributed by atoms with Gasteiger partial charge in [-0.25, -0.2) is 0 Å². The molecule has 1 unspecified atom stereocenters. The van der Waals surface area contributed by atoms with Crippen LogP contribution in [0.3, 0.4) is 0 Å². The fraction of sp³-hybridized carbons (Fsp3) is 0.143. The van der Waals surface area contributed by atoms with E-state index < -0.39 is 6.04 Å². The zero-order valence-electron chi connectivity index (χ0n) is 18.3. The smallest absolute Gasteiger partial charge is 0.291 e. The number of benzene rings is 3. The molecule has 1 aliphatic rings. The number of aryl methyl sites for hydroxylation is 1. The average molecular weight is 437 g/mol. The molecule has 1 amide bonds. The van der Waals surface area contributed by atoms with Crippen molar-refractivity contribution in [2.24, 2.45) is 0 Å². The van der Waals surface area contributed by atoms with Gasteiger partial charge in [-0.1, -0.05) is 66.7 Å². The Hall–Kier alpha value is -4.12. The van der Waals surface area contributed by atoms with E-state index in [1.807, 2.05) is 73.7 Å². The molecule has 0 bridgehead atoms. The molecule has 1 atom stereocenters. The zero-order chi connectivity index (χ0) is 22.9. The van der Waals surface area contributed by atoms with Crippen LogP contribution in [0.15, 0.2) is 94.7 Å². The third-order valence-corrected chi connectivity index (χ3v) is 5.88. The van der Waals surface area contributed by atoms with Gasteiger partial charge in [0.15, 0.2) is 5.43 Å². The first-order valence-corrected chi connectivity index (χ1v) is 10.8. The number of fused-ring (bicyclic) bond motifs is 2. The maximum atomic E-state index is 13.6. The van der Waals surface area contributed by atoms with Gasteiger partial charge in [0.25, 0.3) is 5.91 Å². The molecular formula is C28H23NO4. The highest BCUT2D eigenvalue weighted by Crippen LogP contribution is 2.39. The molecule has 5 rings (SSSR count). The maximum Gasteiger partial charge on any atom is 0.291 e. The first-order valence-electron chi connectivity index (χ1n) is 10.8. The van der Waals surface area contributed by atoms with Crippen LogP contribution in [-0.4, -0.2) is 17.4 Å². The van der Waals surface area contributed by atoms with E-state index in [9.17, 15) is 9.59 Å². The Kier molecular flexibility index (Phi) is 5.31. The Morgan fingerprint density at radius 3 is 2.52 bits per heavy atom. The van der Waals surface area contributed by atoms with Gasteiger partial charge in [0, 0.05) is 6.54 Å². The first kappa shape index (κ1) is 20.8. The van der Waals surface area contributed by atoms with Gasteiger partial charge in [0.1, 0.15) is 17.9 Å². The summed E-state index contributed by atoms with van der Waals surface area (Å²) in [7, 11) is 0. The van der Waals surface area contributed by atoms with Crippen molar-refractivity contribution >= 4 is 16.9 Å². The first-order chi connectivity index (χ1) is 16.1. The van der Waals surface area contributed by atoms with Gasteiger partial charge in [-0.05, 0) is 42.3 Å².